The molecule has 1 aliphatic heterocycles. The Hall–Kier alpha value is -1.81. The van der Waals surface area contributed by atoms with E-state index in [9.17, 15) is 8.42 Å². The van der Waals surface area contributed by atoms with Gasteiger partial charge in [-0.25, -0.2) is 8.42 Å². The average Bonchev–Trinajstić information content (AvgIpc) is 2.86. The van der Waals surface area contributed by atoms with E-state index in [-0.39, 0.29) is 5.92 Å². The third kappa shape index (κ3) is 2.41. The first-order valence-electron chi connectivity index (χ1n) is 7.63. The van der Waals surface area contributed by atoms with Gasteiger partial charge in [0.1, 0.15) is 0 Å². The van der Waals surface area contributed by atoms with Crippen LogP contribution in [-0.2, 0) is 10.0 Å². The van der Waals surface area contributed by atoms with Crippen molar-refractivity contribution in [2.24, 2.45) is 0 Å². The summed E-state index contributed by atoms with van der Waals surface area (Å²) in [5.74, 6) is 0.616. The van der Waals surface area contributed by atoms with Crippen molar-refractivity contribution in [3.8, 4) is 0 Å². The van der Waals surface area contributed by atoms with E-state index in [1.807, 2.05) is 36.4 Å². The highest BCUT2D eigenvalue weighted by atomic mass is 32.2. The van der Waals surface area contributed by atoms with Crippen molar-refractivity contribution in [3.63, 3.8) is 0 Å². The average molecular weight is 315 g/mol. The van der Waals surface area contributed by atoms with Crippen LogP contribution in [0.25, 0.3) is 0 Å². The van der Waals surface area contributed by atoms with Crippen LogP contribution in [0.2, 0.25) is 0 Å². The third-order valence-corrected chi connectivity index (χ3v) is 6.10. The van der Waals surface area contributed by atoms with Crippen molar-refractivity contribution in [1.29, 1.82) is 0 Å². The summed E-state index contributed by atoms with van der Waals surface area (Å²) in [6.45, 7) is 6.77. The molecule has 2 aromatic rings. The Bertz CT molecular complexity index is 779. The number of para-hydroxylation sites is 1. The molecule has 0 aliphatic carbocycles. The molecular weight excluding hydrogens is 294 g/mol. The van der Waals surface area contributed by atoms with Crippen LogP contribution in [0.4, 0.5) is 5.69 Å². The fraction of sp³-hybridized carbons (Fsp3) is 0.333. The molecule has 0 saturated carbocycles. The molecule has 0 spiro atoms. The van der Waals surface area contributed by atoms with Gasteiger partial charge < -0.3 is 0 Å². The molecule has 4 heteroatoms. The molecule has 0 saturated heterocycles. The summed E-state index contributed by atoms with van der Waals surface area (Å²) in [6, 6.07) is 15.0. The predicted molar refractivity (Wildman–Crippen MR) is 89.9 cm³/mol. The van der Waals surface area contributed by atoms with Crippen molar-refractivity contribution in [3.05, 3.63) is 59.7 Å². The summed E-state index contributed by atoms with van der Waals surface area (Å²) < 4.78 is 27.4. The molecule has 2 aromatic carbocycles. The lowest BCUT2D eigenvalue weighted by Gasteiger charge is -2.20. The molecule has 3 rings (SSSR count). The molecule has 0 bridgehead atoms. The van der Waals surface area contributed by atoms with Crippen molar-refractivity contribution >= 4 is 15.7 Å². The van der Waals surface area contributed by atoms with E-state index in [0.29, 0.717) is 17.4 Å². The van der Waals surface area contributed by atoms with E-state index < -0.39 is 10.0 Å². The van der Waals surface area contributed by atoms with Gasteiger partial charge in [0.15, 0.2) is 0 Å². The smallest absolute Gasteiger partial charge is 0.264 e. The first-order valence-corrected chi connectivity index (χ1v) is 9.07. The fourth-order valence-electron chi connectivity index (χ4n) is 2.96. The summed E-state index contributed by atoms with van der Waals surface area (Å²) in [4.78, 5) is 0.362. The maximum absolute atomic E-state index is 12.9. The Kier molecular flexibility index (Phi) is 3.73. The summed E-state index contributed by atoms with van der Waals surface area (Å²) in [6.07, 6.45) is 0. The Labute approximate surface area is 132 Å². The SMILES string of the molecule is CC(C)c1ccc(S(=O)(=O)N2CC(C)c3ccccc32)cc1. The molecule has 0 fully saturated rings. The number of nitrogens with zero attached hydrogens (tertiary/aromatic N) is 1. The van der Waals surface area contributed by atoms with Crippen molar-refractivity contribution in [2.45, 2.75) is 37.5 Å². The Morgan fingerprint density at radius 1 is 1.05 bits per heavy atom. The first kappa shape index (κ1) is 15.1. The Morgan fingerprint density at radius 3 is 2.32 bits per heavy atom. The molecule has 1 atom stereocenters. The van der Waals surface area contributed by atoms with Gasteiger partial charge in [0.25, 0.3) is 10.0 Å². The van der Waals surface area contributed by atoms with Gasteiger partial charge in [0, 0.05) is 12.5 Å². The van der Waals surface area contributed by atoms with Crippen LogP contribution < -0.4 is 4.31 Å². The van der Waals surface area contributed by atoms with Gasteiger partial charge >= 0.3 is 0 Å². The minimum atomic E-state index is -3.49. The van der Waals surface area contributed by atoms with Gasteiger partial charge in [-0.3, -0.25) is 4.31 Å². The topological polar surface area (TPSA) is 37.4 Å². The number of hydrogen-bond donors (Lipinski definition) is 0. The lowest BCUT2D eigenvalue weighted by atomic mass is 10.0. The standard InChI is InChI=1S/C18H21NO2S/c1-13(2)15-8-10-16(11-9-15)22(20,21)19-12-14(3)17-6-4-5-7-18(17)19/h4-11,13-14H,12H2,1-3H3. The zero-order valence-corrected chi connectivity index (χ0v) is 14.0. The van der Waals surface area contributed by atoms with Crippen molar-refractivity contribution in [2.75, 3.05) is 10.8 Å². The van der Waals surface area contributed by atoms with E-state index in [0.717, 1.165) is 16.8 Å². The molecule has 0 aromatic heterocycles. The zero-order chi connectivity index (χ0) is 15.9. The number of fused-ring (bicyclic) bond motifs is 1. The second-order valence-corrected chi connectivity index (χ2v) is 8.08. The highest BCUT2D eigenvalue weighted by Crippen LogP contribution is 2.39. The summed E-state index contributed by atoms with van der Waals surface area (Å²) in [5.41, 5.74) is 3.06. The van der Waals surface area contributed by atoms with E-state index in [1.165, 1.54) is 4.31 Å². The van der Waals surface area contributed by atoms with Crippen molar-refractivity contribution < 1.29 is 8.42 Å². The molecular formula is C18H21NO2S. The lowest BCUT2D eigenvalue weighted by Crippen LogP contribution is -2.29. The number of benzene rings is 2. The second kappa shape index (κ2) is 5.43. The maximum atomic E-state index is 12.9. The van der Waals surface area contributed by atoms with Gasteiger partial charge in [-0.15, -0.1) is 0 Å². The van der Waals surface area contributed by atoms with Crippen LogP contribution in [0, 0.1) is 0 Å². The molecule has 1 unspecified atom stereocenters. The lowest BCUT2D eigenvalue weighted by molar-refractivity contribution is 0.590. The maximum Gasteiger partial charge on any atom is 0.264 e. The minimum absolute atomic E-state index is 0.223. The van der Waals surface area contributed by atoms with Crippen LogP contribution >= 0.6 is 0 Å². The molecule has 22 heavy (non-hydrogen) atoms. The van der Waals surface area contributed by atoms with E-state index in [1.54, 1.807) is 12.1 Å². The number of rotatable bonds is 3. The van der Waals surface area contributed by atoms with Gasteiger partial charge in [-0.2, -0.15) is 0 Å². The molecule has 0 N–H and O–H groups in total. The van der Waals surface area contributed by atoms with Gasteiger partial charge in [0.05, 0.1) is 10.6 Å². The second-order valence-electron chi connectivity index (χ2n) is 6.22. The quantitative estimate of drug-likeness (QED) is 0.854. The zero-order valence-electron chi connectivity index (χ0n) is 13.2. The van der Waals surface area contributed by atoms with Crippen LogP contribution in [-0.4, -0.2) is 15.0 Å². The minimum Gasteiger partial charge on any atom is -0.265 e. The highest BCUT2D eigenvalue weighted by molar-refractivity contribution is 7.92. The monoisotopic (exact) mass is 315 g/mol. The number of anilines is 1. The molecule has 116 valence electrons. The van der Waals surface area contributed by atoms with Crippen LogP contribution in [0.5, 0.6) is 0 Å². The fourth-order valence-corrected chi connectivity index (χ4v) is 4.54. The molecule has 1 aliphatic rings. The van der Waals surface area contributed by atoms with Crippen molar-refractivity contribution in [1.82, 2.24) is 0 Å². The number of hydrogen-bond acceptors (Lipinski definition) is 2. The van der Waals surface area contributed by atoms with E-state index in [2.05, 4.69) is 20.8 Å². The van der Waals surface area contributed by atoms with Crippen LogP contribution in [0.15, 0.2) is 53.4 Å². The first-order chi connectivity index (χ1) is 10.4. The normalized spacial score (nSPS) is 17.8. The summed E-state index contributed by atoms with van der Waals surface area (Å²) in [5, 5.41) is 0. The van der Waals surface area contributed by atoms with Gasteiger partial charge in [0.2, 0.25) is 0 Å². The third-order valence-electron chi connectivity index (χ3n) is 4.31. The predicted octanol–water partition coefficient (Wildman–Crippen LogP) is 4.12. The molecule has 3 nitrogen and oxygen atoms in total. The van der Waals surface area contributed by atoms with Crippen LogP contribution in [0.1, 0.15) is 43.7 Å². The van der Waals surface area contributed by atoms with E-state index >= 15 is 0 Å². The molecule has 0 amide bonds. The number of sulfonamides is 1. The Balaban J connectivity index is 2.01. The molecule has 0 radical (unpaired) electrons. The summed E-state index contributed by atoms with van der Waals surface area (Å²) in [7, 11) is -3.49. The Morgan fingerprint density at radius 2 is 1.68 bits per heavy atom. The molecule has 1 heterocycles. The van der Waals surface area contributed by atoms with Crippen LogP contribution in [0.3, 0.4) is 0 Å². The summed E-state index contributed by atoms with van der Waals surface area (Å²) >= 11 is 0. The largest absolute Gasteiger partial charge is 0.265 e. The highest BCUT2D eigenvalue weighted by Gasteiger charge is 2.34. The van der Waals surface area contributed by atoms with E-state index in [4.69, 9.17) is 0 Å². The van der Waals surface area contributed by atoms with Gasteiger partial charge in [-0.1, -0.05) is 51.1 Å². The van der Waals surface area contributed by atoms with Gasteiger partial charge in [-0.05, 0) is 35.2 Å².